The van der Waals surface area contributed by atoms with E-state index in [0.29, 0.717) is 6.42 Å². The quantitative estimate of drug-likeness (QED) is 0.459. The number of non-ortho nitro benzene ring substituents is 1. The SMILES string of the molecule is CC(C)CN(CC(O)C1([NH3+])CC1c1ccccc1)S(=O)(=O)c1ccc([N+](=O)[O-])cc1. The van der Waals surface area contributed by atoms with Gasteiger partial charge in [-0.2, -0.15) is 4.31 Å². The Bertz CT molecular complexity index is 995. The van der Waals surface area contributed by atoms with Crippen LogP contribution < -0.4 is 5.73 Å². The third kappa shape index (κ3) is 4.54. The third-order valence-electron chi connectivity index (χ3n) is 5.61. The van der Waals surface area contributed by atoms with E-state index in [9.17, 15) is 23.6 Å². The molecule has 162 valence electrons. The van der Waals surface area contributed by atoms with Crippen molar-refractivity contribution in [2.75, 3.05) is 13.1 Å². The number of hydrogen-bond donors (Lipinski definition) is 2. The summed E-state index contributed by atoms with van der Waals surface area (Å²) in [4.78, 5) is 10.3. The largest absolute Gasteiger partial charge is 0.385 e. The van der Waals surface area contributed by atoms with Gasteiger partial charge in [0.25, 0.3) is 5.69 Å². The molecule has 3 atom stereocenters. The maximum atomic E-state index is 13.2. The number of nitro benzene ring substituents is 1. The molecule has 0 bridgehead atoms. The summed E-state index contributed by atoms with van der Waals surface area (Å²) < 4.78 is 27.7. The summed E-state index contributed by atoms with van der Waals surface area (Å²) in [5.41, 5.74) is 4.48. The molecule has 0 aliphatic heterocycles. The summed E-state index contributed by atoms with van der Waals surface area (Å²) >= 11 is 0. The van der Waals surface area contributed by atoms with Gasteiger partial charge < -0.3 is 10.8 Å². The number of sulfonamides is 1. The van der Waals surface area contributed by atoms with Crippen LogP contribution >= 0.6 is 0 Å². The van der Waals surface area contributed by atoms with Crippen LogP contribution in [0.2, 0.25) is 0 Å². The molecule has 2 aromatic carbocycles. The molecule has 0 spiro atoms. The van der Waals surface area contributed by atoms with E-state index < -0.39 is 26.6 Å². The highest BCUT2D eigenvalue weighted by molar-refractivity contribution is 7.89. The molecule has 2 aromatic rings. The minimum absolute atomic E-state index is 0.0329. The van der Waals surface area contributed by atoms with Crippen LogP contribution in [-0.2, 0) is 10.0 Å². The molecular weight excluding hydrogens is 406 g/mol. The van der Waals surface area contributed by atoms with Crippen molar-refractivity contribution in [3.8, 4) is 0 Å². The summed E-state index contributed by atoms with van der Waals surface area (Å²) in [7, 11) is -3.93. The highest BCUT2D eigenvalue weighted by Crippen LogP contribution is 2.50. The first-order valence-electron chi connectivity index (χ1n) is 9.88. The molecule has 4 N–H and O–H groups in total. The van der Waals surface area contributed by atoms with Crippen LogP contribution in [0.5, 0.6) is 0 Å². The first-order valence-corrected chi connectivity index (χ1v) is 11.3. The highest BCUT2D eigenvalue weighted by Gasteiger charge is 2.61. The second kappa shape index (κ2) is 8.43. The molecule has 9 heteroatoms. The van der Waals surface area contributed by atoms with E-state index in [-0.39, 0.29) is 35.5 Å². The standard InChI is InChI=1S/C21H27N3O5S/c1-15(2)13-23(30(28,29)18-10-8-17(9-11-18)24(26)27)14-20(25)21(22)12-19(21)16-6-4-3-5-7-16/h3-11,15,19-20,25H,12-14,22H2,1-2H3/p+1. The predicted octanol–water partition coefficient (Wildman–Crippen LogP) is 1.77. The van der Waals surface area contributed by atoms with Gasteiger partial charge in [-0.3, -0.25) is 10.1 Å². The van der Waals surface area contributed by atoms with Crippen LogP contribution in [0.3, 0.4) is 0 Å². The second-order valence-electron chi connectivity index (χ2n) is 8.38. The Balaban J connectivity index is 1.81. The Morgan fingerprint density at radius 1 is 1.17 bits per heavy atom. The molecule has 3 unspecified atom stereocenters. The van der Waals surface area contributed by atoms with Gasteiger partial charge in [0.15, 0.2) is 0 Å². The minimum Gasteiger partial charge on any atom is -0.385 e. The summed E-state index contributed by atoms with van der Waals surface area (Å²) in [5, 5.41) is 21.8. The van der Waals surface area contributed by atoms with Gasteiger partial charge in [-0.1, -0.05) is 44.2 Å². The number of hydrogen-bond acceptors (Lipinski definition) is 5. The van der Waals surface area contributed by atoms with Crippen LogP contribution in [0.1, 0.15) is 31.7 Å². The average Bonchev–Trinajstić information content (AvgIpc) is 3.41. The summed E-state index contributed by atoms with van der Waals surface area (Å²) in [5.74, 6) is 0.117. The molecule has 0 aromatic heterocycles. The molecular formula is C21H28N3O5S+. The van der Waals surface area contributed by atoms with E-state index >= 15 is 0 Å². The Labute approximate surface area is 176 Å². The maximum Gasteiger partial charge on any atom is 0.269 e. The fourth-order valence-corrected chi connectivity index (χ4v) is 5.38. The van der Waals surface area contributed by atoms with Crippen LogP contribution in [0, 0.1) is 16.0 Å². The molecule has 3 rings (SSSR count). The van der Waals surface area contributed by atoms with Gasteiger partial charge in [0.2, 0.25) is 10.0 Å². The van der Waals surface area contributed by atoms with Gasteiger partial charge in [-0.25, -0.2) is 8.42 Å². The first kappa shape index (κ1) is 22.4. The Hall–Kier alpha value is -2.33. The van der Waals surface area contributed by atoms with Crippen LogP contribution in [0.25, 0.3) is 0 Å². The molecule has 1 saturated carbocycles. The van der Waals surface area contributed by atoms with Crippen molar-refractivity contribution in [3.63, 3.8) is 0 Å². The Morgan fingerprint density at radius 2 is 1.77 bits per heavy atom. The van der Waals surface area contributed by atoms with Gasteiger partial charge in [0.1, 0.15) is 11.6 Å². The van der Waals surface area contributed by atoms with E-state index in [4.69, 9.17) is 0 Å². The predicted molar refractivity (Wildman–Crippen MR) is 112 cm³/mol. The molecule has 0 radical (unpaired) electrons. The molecule has 8 nitrogen and oxygen atoms in total. The van der Waals surface area contributed by atoms with E-state index in [2.05, 4.69) is 5.73 Å². The molecule has 1 aliphatic carbocycles. The number of benzene rings is 2. The zero-order chi connectivity index (χ0) is 22.1. The fraction of sp³-hybridized carbons (Fsp3) is 0.429. The maximum absolute atomic E-state index is 13.2. The second-order valence-corrected chi connectivity index (χ2v) is 10.3. The van der Waals surface area contributed by atoms with E-state index in [1.165, 1.54) is 28.6 Å². The zero-order valence-corrected chi connectivity index (χ0v) is 18.0. The van der Waals surface area contributed by atoms with Crippen molar-refractivity contribution in [1.29, 1.82) is 0 Å². The monoisotopic (exact) mass is 434 g/mol. The van der Waals surface area contributed by atoms with Crippen LogP contribution in [-0.4, -0.2) is 47.5 Å². The Morgan fingerprint density at radius 3 is 2.30 bits per heavy atom. The van der Waals surface area contributed by atoms with Gasteiger partial charge >= 0.3 is 0 Å². The topological polar surface area (TPSA) is 128 Å². The van der Waals surface area contributed by atoms with Crippen molar-refractivity contribution in [2.24, 2.45) is 5.92 Å². The number of rotatable bonds is 9. The highest BCUT2D eigenvalue weighted by atomic mass is 32.2. The number of aliphatic hydroxyl groups excluding tert-OH is 1. The molecule has 1 fully saturated rings. The third-order valence-corrected chi connectivity index (χ3v) is 7.46. The lowest BCUT2D eigenvalue weighted by molar-refractivity contribution is -0.458. The van der Waals surface area contributed by atoms with Crippen molar-refractivity contribution in [1.82, 2.24) is 4.31 Å². The number of nitro groups is 1. The Kier molecular flexibility index (Phi) is 6.28. The van der Waals surface area contributed by atoms with Gasteiger partial charge in [0.05, 0.1) is 9.82 Å². The molecule has 0 amide bonds. The van der Waals surface area contributed by atoms with Crippen molar-refractivity contribution in [2.45, 2.75) is 42.7 Å². The van der Waals surface area contributed by atoms with Gasteiger partial charge in [-0.05, 0) is 23.6 Å². The van der Waals surface area contributed by atoms with E-state index in [1.807, 2.05) is 44.2 Å². The first-order chi connectivity index (χ1) is 14.1. The van der Waals surface area contributed by atoms with E-state index in [1.54, 1.807) is 0 Å². The summed E-state index contributed by atoms with van der Waals surface area (Å²) in [6.45, 7) is 3.94. The lowest BCUT2D eigenvalue weighted by Gasteiger charge is -2.28. The summed E-state index contributed by atoms with van der Waals surface area (Å²) in [6, 6.07) is 14.6. The molecule has 30 heavy (non-hydrogen) atoms. The smallest absolute Gasteiger partial charge is 0.269 e. The van der Waals surface area contributed by atoms with Crippen molar-refractivity contribution < 1.29 is 24.2 Å². The lowest BCUT2D eigenvalue weighted by atomic mass is 10.0. The number of aliphatic hydroxyl groups is 1. The minimum atomic E-state index is -3.93. The van der Waals surface area contributed by atoms with E-state index in [0.717, 1.165) is 5.56 Å². The van der Waals surface area contributed by atoms with Gasteiger partial charge in [0, 0.05) is 37.6 Å². The number of quaternary nitrogens is 1. The van der Waals surface area contributed by atoms with Crippen LogP contribution in [0.4, 0.5) is 5.69 Å². The summed E-state index contributed by atoms with van der Waals surface area (Å²) in [6.07, 6.45) is -0.250. The zero-order valence-electron chi connectivity index (χ0n) is 17.1. The van der Waals surface area contributed by atoms with Crippen LogP contribution in [0.15, 0.2) is 59.5 Å². The number of nitrogens with zero attached hydrogens (tertiary/aromatic N) is 2. The molecule has 0 saturated heterocycles. The van der Waals surface area contributed by atoms with Gasteiger partial charge in [-0.15, -0.1) is 0 Å². The normalized spacial score (nSPS) is 22.3. The fourth-order valence-electron chi connectivity index (χ4n) is 3.77. The lowest BCUT2D eigenvalue weighted by Crippen LogP contribution is -2.72. The van der Waals surface area contributed by atoms with Crippen molar-refractivity contribution in [3.05, 3.63) is 70.3 Å². The average molecular weight is 435 g/mol. The molecule has 1 aliphatic rings. The molecule has 0 heterocycles. The van der Waals surface area contributed by atoms with Crippen molar-refractivity contribution >= 4 is 15.7 Å².